The molecule has 5 heteroatoms. The second kappa shape index (κ2) is 8.58. The summed E-state index contributed by atoms with van der Waals surface area (Å²) in [6, 6.07) is 13.2. The molecule has 0 heterocycles. The van der Waals surface area contributed by atoms with Crippen molar-refractivity contribution in [1.29, 1.82) is 0 Å². The molecule has 23 heavy (non-hydrogen) atoms. The van der Waals surface area contributed by atoms with Crippen LogP contribution in [0, 0.1) is 0 Å². The van der Waals surface area contributed by atoms with Gasteiger partial charge in [-0.05, 0) is 47.5 Å². The Hall–Kier alpha value is -2.01. The van der Waals surface area contributed by atoms with Crippen LogP contribution in [0.4, 0.5) is 0 Å². The number of rotatable bonds is 7. The molecular weight excluding hydrogens is 360 g/mol. The molecule has 0 aliphatic heterocycles. The van der Waals surface area contributed by atoms with Gasteiger partial charge in [0.2, 0.25) is 0 Å². The topological polar surface area (TPSA) is 44.8 Å². The van der Waals surface area contributed by atoms with Gasteiger partial charge in [0.05, 0.1) is 23.2 Å². The van der Waals surface area contributed by atoms with E-state index in [1.165, 1.54) is 0 Å². The Labute approximate surface area is 144 Å². The highest BCUT2D eigenvalue weighted by molar-refractivity contribution is 9.10. The van der Waals surface area contributed by atoms with Crippen molar-refractivity contribution in [3.8, 4) is 11.5 Å². The van der Waals surface area contributed by atoms with Crippen molar-refractivity contribution in [2.45, 2.75) is 20.5 Å². The minimum absolute atomic E-state index is 0.326. The first-order valence-corrected chi connectivity index (χ1v) is 8.25. The molecule has 0 aliphatic rings. The predicted octanol–water partition coefficient (Wildman–Crippen LogP) is 4.60. The van der Waals surface area contributed by atoms with Crippen LogP contribution in [0.25, 0.3) is 0 Å². The van der Waals surface area contributed by atoms with Crippen LogP contribution in [0.2, 0.25) is 0 Å². The van der Waals surface area contributed by atoms with Crippen LogP contribution in [-0.2, 0) is 11.3 Å². The Bertz CT molecular complexity index is 656. The molecule has 0 unspecified atom stereocenters. The molecule has 0 fully saturated rings. The molecule has 0 aromatic heterocycles. The van der Waals surface area contributed by atoms with Crippen molar-refractivity contribution in [2.75, 3.05) is 13.2 Å². The second-order valence-corrected chi connectivity index (χ2v) is 5.57. The van der Waals surface area contributed by atoms with Gasteiger partial charge in [-0.2, -0.15) is 0 Å². The molecule has 0 spiro atoms. The van der Waals surface area contributed by atoms with Gasteiger partial charge in [-0.1, -0.05) is 30.3 Å². The van der Waals surface area contributed by atoms with E-state index in [0.717, 1.165) is 5.56 Å². The summed E-state index contributed by atoms with van der Waals surface area (Å²) in [6.07, 6.45) is 0. The first-order valence-electron chi connectivity index (χ1n) is 7.45. The molecule has 4 nitrogen and oxygen atoms in total. The smallest absolute Gasteiger partial charge is 0.338 e. The van der Waals surface area contributed by atoms with Gasteiger partial charge >= 0.3 is 5.97 Å². The van der Waals surface area contributed by atoms with Crippen molar-refractivity contribution < 1.29 is 19.0 Å². The number of esters is 1. The second-order valence-electron chi connectivity index (χ2n) is 4.71. The third kappa shape index (κ3) is 4.73. The largest absolute Gasteiger partial charge is 0.490 e. The SMILES string of the molecule is CCOC(=O)c1cc(Br)c(OCc2ccccc2)c(OCC)c1. The van der Waals surface area contributed by atoms with Crippen LogP contribution < -0.4 is 9.47 Å². The van der Waals surface area contributed by atoms with Crippen molar-refractivity contribution >= 4 is 21.9 Å². The third-order valence-electron chi connectivity index (χ3n) is 3.05. The third-order valence-corrected chi connectivity index (χ3v) is 3.64. The monoisotopic (exact) mass is 378 g/mol. The average molecular weight is 379 g/mol. The van der Waals surface area contributed by atoms with E-state index >= 15 is 0 Å². The fraction of sp³-hybridized carbons (Fsp3) is 0.278. The lowest BCUT2D eigenvalue weighted by molar-refractivity contribution is 0.0525. The van der Waals surface area contributed by atoms with E-state index in [2.05, 4.69) is 15.9 Å². The zero-order chi connectivity index (χ0) is 16.7. The zero-order valence-electron chi connectivity index (χ0n) is 13.2. The maximum atomic E-state index is 11.9. The molecule has 2 aromatic carbocycles. The van der Waals surface area contributed by atoms with Crippen LogP contribution in [0.1, 0.15) is 29.8 Å². The normalized spacial score (nSPS) is 10.2. The van der Waals surface area contributed by atoms with E-state index in [1.54, 1.807) is 19.1 Å². The van der Waals surface area contributed by atoms with Gasteiger partial charge in [0.15, 0.2) is 11.5 Å². The minimum Gasteiger partial charge on any atom is -0.490 e. The Morgan fingerprint density at radius 3 is 2.43 bits per heavy atom. The lowest BCUT2D eigenvalue weighted by atomic mass is 10.2. The van der Waals surface area contributed by atoms with Crippen LogP contribution in [0.3, 0.4) is 0 Å². The van der Waals surface area contributed by atoms with E-state index in [4.69, 9.17) is 14.2 Å². The highest BCUT2D eigenvalue weighted by atomic mass is 79.9. The molecule has 2 aromatic rings. The number of ether oxygens (including phenoxy) is 3. The number of carbonyl (C=O) groups is 1. The van der Waals surface area contributed by atoms with Gasteiger partial charge in [-0.25, -0.2) is 4.79 Å². The van der Waals surface area contributed by atoms with Crippen LogP contribution in [-0.4, -0.2) is 19.2 Å². The summed E-state index contributed by atoms with van der Waals surface area (Å²) in [7, 11) is 0. The van der Waals surface area contributed by atoms with E-state index in [0.29, 0.717) is 41.4 Å². The van der Waals surface area contributed by atoms with Gasteiger partial charge < -0.3 is 14.2 Å². The Morgan fingerprint density at radius 1 is 1.04 bits per heavy atom. The average Bonchev–Trinajstić information content (AvgIpc) is 2.55. The quantitative estimate of drug-likeness (QED) is 0.660. The summed E-state index contributed by atoms with van der Waals surface area (Å²) in [6.45, 7) is 4.87. The predicted molar refractivity (Wildman–Crippen MR) is 92.0 cm³/mol. The van der Waals surface area contributed by atoms with Crippen LogP contribution in [0.15, 0.2) is 46.9 Å². The molecule has 0 amide bonds. The molecule has 0 bridgehead atoms. The fourth-order valence-electron chi connectivity index (χ4n) is 2.03. The van der Waals surface area contributed by atoms with Crippen molar-refractivity contribution in [1.82, 2.24) is 0 Å². The minimum atomic E-state index is -0.385. The molecule has 0 N–H and O–H groups in total. The Morgan fingerprint density at radius 2 is 1.78 bits per heavy atom. The van der Waals surface area contributed by atoms with E-state index < -0.39 is 0 Å². The van der Waals surface area contributed by atoms with Gasteiger partial charge in [0, 0.05) is 0 Å². The molecule has 122 valence electrons. The summed E-state index contributed by atoms with van der Waals surface area (Å²) >= 11 is 3.45. The fourth-order valence-corrected chi connectivity index (χ4v) is 2.59. The lowest BCUT2D eigenvalue weighted by Crippen LogP contribution is -2.07. The number of hydrogen-bond acceptors (Lipinski definition) is 4. The van der Waals surface area contributed by atoms with Crippen LogP contribution in [0.5, 0.6) is 11.5 Å². The number of benzene rings is 2. The molecular formula is C18H19BrO4. The highest BCUT2D eigenvalue weighted by Gasteiger charge is 2.17. The molecule has 0 saturated carbocycles. The maximum Gasteiger partial charge on any atom is 0.338 e. The van der Waals surface area contributed by atoms with E-state index in [1.807, 2.05) is 37.3 Å². The van der Waals surface area contributed by atoms with Crippen molar-refractivity contribution in [3.63, 3.8) is 0 Å². The summed E-state index contributed by atoms with van der Waals surface area (Å²) in [4.78, 5) is 11.9. The van der Waals surface area contributed by atoms with Crippen LogP contribution >= 0.6 is 15.9 Å². The Kier molecular flexibility index (Phi) is 6.47. The summed E-state index contributed by atoms with van der Waals surface area (Å²) < 4.78 is 17.2. The summed E-state index contributed by atoms with van der Waals surface area (Å²) in [5.74, 6) is 0.702. The highest BCUT2D eigenvalue weighted by Crippen LogP contribution is 2.37. The Balaban J connectivity index is 2.25. The first kappa shape index (κ1) is 17.3. The first-order chi connectivity index (χ1) is 11.2. The van der Waals surface area contributed by atoms with E-state index in [-0.39, 0.29) is 5.97 Å². The van der Waals surface area contributed by atoms with Crippen molar-refractivity contribution in [2.24, 2.45) is 0 Å². The van der Waals surface area contributed by atoms with Gasteiger partial charge in [0.1, 0.15) is 6.61 Å². The standard InChI is InChI=1S/C18H19BrO4/c1-3-21-16-11-14(18(20)22-4-2)10-15(19)17(16)23-12-13-8-6-5-7-9-13/h5-11H,3-4,12H2,1-2H3. The van der Waals surface area contributed by atoms with Gasteiger partial charge in [0.25, 0.3) is 0 Å². The number of hydrogen-bond donors (Lipinski definition) is 0. The van der Waals surface area contributed by atoms with Gasteiger partial charge in [-0.3, -0.25) is 0 Å². The summed E-state index contributed by atoms with van der Waals surface area (Å²) in [5.41, 5.74) is 1.48. The van der Waals surface area contributed by atoms with Gasteiger partial charge in [-0.15, -0.1) is 0 Å². The van der Waals surface area contributed by atoms with Crippen molar-refractivity contribution in [3.05, 3.63) is 58.1 Å². The lowest BCUT2D eigenvalue weighted by Gasteiger charge is -2.15. The number of carbonyl (C=O) groups excluding carboxylic acids is 1. The maximum absolute atomic E-state index is 11.9. The molecule has 0 radical (unpaired) electrons. The summed E-state index contributed by atoms with van der Waals surface area (Å²) in [5, 5.41) is 0. The molecule has 2 rings (SSSR count). The molecule has 0 saturated heterocycles. The number of halogens is 1. The van der Waals surface area contributed by atoms with E-state index in [9.17, 15) is 4.79 Å². The molecule has 0 aliphatic carbocycles. The zero-order valence-corrected chi connectivity index (χ0v) is 14.8. The molecule has 0 atom stereocenters.